The first-order chi connectivity index (χ1) is 1.91. The molecule has 0 aliphatic rings. The lowest BCUT2D eigenvalue weighted by Gasteiger charge is -1.71. The van der Waals surface area contributed by atoms with E-state index in [9.17, 15) is 0 Å². The van der Waals surface area contributed by atoms with Gasteiger partial charge >= 0.3 is 0 Å². The van der Waals surface area contributed by atoms with Crippen LogP contribution in [0.3, 0.4) is 0 Å². The lowest BCUT2D eigenvalue weighted by atomic mass is 11.8. The van der Waals surface area contributed by atoms with Gasteiger partial charge in [0.25, 0.3) is 8.47 Å². The van der Waals surface area contributed by atoms with Crippen LogP contribution in [0.5, 0.6) is 0 Å². The summed E-state index contributed by atoms with van der Waals surface area (Å²) in [6.07, 6.45) is 0. The molecule has 0 aromatic rings. The minimum atomic E-state index is -0.134. The topological polar surface area (TPSA) is 9.23 Å². The number of hydrogen-bond donors (Lipinski definition) is 0. The van der Waals surface area contributed by atoms with Crippen molar-refractivity contribution in [1.29, 1.82) is 0 Å². The Balaban J connectivity index is 2.30. The van der Waals surface area contributed by atoms with Crippen molar-refractivity contribution >= 4 is 20.1 Å². The molecule has 0 aliphatic carbocycles. The predicted octanol–water partition coefficient (Wildman–Crippen LogP) is 0.0968. The van der Waals surface area contributed by atoms with Gasteiger partial charge in [-0.2, -0.15) is 0 Å². The Morgan fingerprint density at radius 2 is 2.25 bits per heavy atom. The Labute approximate surface area is 32.5 Å². The average molecular weight is 92.2 g/mol. The molecule has 1 nitrogen and oxygen atoms in total. The van der Waals surface area contributed by atoms with Gasteiger partial charge in [0.1, 0.15) is 0 Å². The third-order valence-corrected chi connectivity index (χ3v) is 0.866. The highest BCUT2D eigenvalue weighted by molar-refractivity contribution is 7.85. The maximum Gasteiger partial charge on any atom is 0.295 e. The second-order valence-electron chi connectivity index (χ2n) is 0.332. The van der Waals surface area contributed by atoms with Crippen molar-refractivity contribution in [2.45, 2.75) is 0 Å². The highest BCUT2D eigenvalue weighted by Crippen LogP contribution is 1.42. The van der Waals surface area contributed by atoms with Gasteiger partial charge < -0.3 is 4.43 Å². The van der Waals surface area contributed by atoms with Crippen molar-refractivity contribution in [3.05, 3.63) is 0 Å². The van der Waals surface area contributed by atoms with E-state index in [-0.39, 0.29) is 8.47 Å². The van der Waals surface area contributed by atoms with Crippen LogP contribution in [-0.2, 0) is 4.43 Å². The Morgan fingerprint density at radius 3 is 2.25 bits per heavy atom. The summed E-state index contributed by atoms with van der Waals surface area (Å²) in [5, 5.41) is 0. The molecule has 24 valence electrons. The van der Waals surface area contributed by atoms with E-state index < -0.39 is 0 Å². The third kappa shape index (κ3) is 2.24. The van der Waals surface area contributed by atoms with Crippen molar-refractivity contribution < 1.29 is 4.43 Å². The molecule has 4 heavy (non-hydrogen) atoms. The molecule has 0 amide bonds. The van der Waals surface area contributed by atoms with Crippen LogP contribution in [0.1, 0.15) is 0 Å². The molecule has 0 N–H and O–H groups in total. The summed E-state index contributed by atoms with van der Waals surface area (Å²) in [6, 6.07) is 0. The predicted molar refractivity (Wildman–Crippen MR) is 21.7 cm³/mol. The molecular weight excluding hydrogens is 88.2 g/mol. The van der Waals surface area contributed by atoms with Crippen LogP contribution < -0.4 is 0 Å². The van der Waals surface area contributed by atoms with Crippen molar-refractivity contribution in [3.63, 3.8) is 0 Å². The first-order valence-corrected chi connectivity index (χ1v) is 3.24. The summed E-state index contributed by atoms with van der Waals surface area (Å²) in [7, 11) is 1.48. The summed E-state index contributed by atoms with van der Waals surface area (Å²) in [4.78, 5) is 0. The fraction of sp³-hybridized carbons (Fsp3) is 1.00. The van der Waals surface area contributed by atoms with E-state index in [2.05, 4.69) is 16.1 Å². The van der Waals surface area contributed by atoms with E-state index in [0.717, 1.165) is 0 Å². The van der Waals surface area contributed by atoms with Gasteiger partial charge in [-0.25, -0.2) is 0 Å². The van der Waals surface area contributed by atoms with Crippen LogP contribution in [-0.4, -0.2) is 15.6 Å². The van der Waals surface area contributed by atoms with Gasteiger partial charge in [0.2, 0.25) is 0 Å². The highest BCUT2D eigenvalue weighted by Gasteiger charge is 1.43. The van der Waals surface area contributed by atoms with Gasteiger partial charge in [0, 0.05) is 0 Å². The van der Waals surface area contributed by atoms with Crippen LogP contribution in [0.2, 0.25) is 0 Å². The zero-order chi connectivity index (χ0) is 3.41. The summed E-state index contributed by atoms with van der Waals surface area (Å²) in [6.45, 7) is 0. The molecule has 0 unspecified atom stereocenters. The molecule has 0 bridgehead atoms. The summed E-state index contributed by atoms with van der Waals surface area (Å²) in [5.41, 5.74) is 0. The first-order valence-electron chi connectivity index (χ1n) is 0.880. The van der Waals surface area contributed by atoms with E-state index in [0.29, 0.717) is 0 Å². The van der Waals surface area contributed by atoms with Crippen molar-refractivity contribution in [3.8, 4) is 0 Å². The Kier molecular flexibility index (Phi) is 3.43. The zero-order valence-electron chi connectivity index (χ0n) is 2.39. The lowest BCUT2D eigenvalue weighted by Crippen LogP contribution is -1.67. The standard InChI is InChI=1S/CH4OSSi/c1-2-4-3/h4H,1H3. The molecule has 0 saturated carbocycles. The van der Waals surface area contributed by atoms with Gasteiger partial charge in [-0.15, -0.1) is 0 Å². The molecule has 0 saturated heterocycles. The smallest absolute Gasteiger partial charge is 0.295 e. The first kappa shape index (κ1) is 4.24. The van der Waals surface area contributed by atoms with Gasteiger partial charge in [-0.1, -0.05) is 11.6 Å². The normalized spacial score (nSPS) is 5.25. The van der Waals surface area contributed by atoms with E-state index in [1.165, 1.54) is 0 Å². The zero-order valence-corrected chi connectivity index (χ0v) is 4.37. The van der Waals surface area contributed by atoms with E-state index >= 15 is 0 Å². The third-order valence-electron chi connectivity index (χ3n) is 0.0962. The largest absolute Gasteiger partial charge is 0.548 e. The van der Waals surface area contributed by atoms with Crippen LogP contribution in [0.4, 0.5) is 0 Å². The van der Waals surface area contributed by atoms with Gasteiger partial charge in [-0.3, -0.25) is 0 Å². The summed E-state index contributed by atoms with van der Waals surface area (Å²) >= 11 is 4.41. The molecule has 0 aromatic heterocycles. The van der Waals surface area contributed by atoms with E-state index in [1.807, 2.05) is 0 Å². The highest BCUT2D eigenvalue weighted by atomic mass is 32.2. The van der Waals surface area contributed by atoms with Gasteiger partial charge in [0.05, 0.1) is 7.11 Å². The van der Waals surface area contributed by atoms with Crippen molar-refractivity contribution in [2.24, 2.45) is 0 Å². The van der Waals surface area contributed by atoms with Crippen LogP contribution in [0.25, 0.3) is 0 Å². The SMILES string of the molecule is CO[SiH]=S. The summed E-state index contributed by atoms with van der Waals surface area (Å²) in [5.74, 6) is 0. The molecule has 3 heteroatoms. The second-order valence-corrected chi connectivity index (χ2v) is 1.57. The fourth-order valence-electron chi connectivity index (χ4n) is 0. The van der Waals surface area contributed by atoms with E-state index in [1.54, 1.807) is 7.11 Å². The van der Waals surface area contributed by atoms with Crippen LogP contribution in [0, 0.1) is 0 Å². The molecular formula is CH4OSSi. The minimum Gasteiger partial charge on any atom is -0.548 e. The Hall–Kier alpha value is 0.237. The van der Waals surface area contributed by atoms with Crippen LogP contribution >= 0.6 is 11.6 Å². The molecule has 0 rings (SSSR count). The van der Waals surface area contributed by atoms with Crippen LogP contribution in [0.15, 0.2) is 0 Å². The molecule has 0 aromatic carbocycles. The molecule has 0 radical (unpaired) electrons. The number of rotatable bonds is 1. The quantitative estimate of drug-likeness (QED) is 0.424. The van der Waals surface area contributed by atoms with Gasteiger partial charge in [0.15, 0.2) is 0 Å². The average Bonchev–Trinajstić information content (AvgIpc) is 1.37. The molecule has 0 atom stereocenters. The monoisotopic (exact) mass is 92.0 g/mol. The Morgan fingerprint density at radius 1 is 2.00 bits per heavy atom. The molecule has 0 fully saturated rings. The maximum atomic E-state index is 4.44. The Bertz CT molecular complexity index is 22.0. The van der Waals surface area contributed by atoms with Crippen molar-refractivity contribution in [1.82, 2.24) is 0 Å². The minimum absolute atomic E-state index is 0.134. The van der Waals surface area contributed by atoms with E-state index in [4.69, 9.17) is 0 Å². The summed E-state index contributed by atoms with van der Waals surface area (Å²) < 4.78 is 4.44. The molecule has 0 spiro atoms. The fourth-order valence-corrected chi connectivity index (χ4v) is 0. The molecule has 0 aliphatic heterocycles. The lowest BCUT2D eigenvalue weighted by molar-refractivity contribution is 0.458. The number of hydrogen-bond acceptors (Lipinski definition) is 2. The molecule has 0 heterocycles. The second kappa shape index (κ2) is 3.24. The van der Waals surface area contributed by atoms with Gasteiger partial charge in [-0.05, 0) is 0 Å². The maximum absolute atomic E-state index is 4.44. The van der Waals surface area contributed by atoms with Crippen molar-refractivity contribution in [2.75, 3.05) is 7.11 Å².